The first-order valence-corrected chi connectivity index (χ1v) is 8.62. The van der Waals surface area contributed by atoms with Crippen LogP contribution in [0, 0.1) is 5.82 Å². The third-order valence-electron chi connectivity index (χ3n) is 4.27. The number of primary amides is 1. The highest BCUT2D eigenvalue weighted by Gasteiger charge is 2.26. The van der Waals surface area contributed by atoms with Crippen LogP contribution in [0.3, 0.4) is 0 Å². The zero-order valence-corrected chi connectivity index (χ0v) is 16.6. The van der Waals surface area contributed by atoms with Crippen LogP contribution in [-0.2, 0) is 9.59 Å². The predicted octanol–water partition coefficient (Wildman–Crippen LogP) is 2.55. The number of likely N-dealkylation sites (N-methyl/N-ethyl adjacent to an activating group) is 1. The fourth-order valence-electron chi connectivity index (χ4n) is 2.87. The van der Waals surface area contributed by atoms with Crippen LogP contribution in [0.25, 0.3) is 6.08 Å². The van der Waals surface area contributed by atoms with E-state index in [9.17, 15) is 14.0 Å². The molecule has 0 saturated heterocycles. The van der Waals surface area contributed by atoms with Crippen LogP contribution < -0.4 is 19.9 Å². The highest BCUT2D eigenvalue weighted by Crippen LogP contribution is 2.38. The monoisotopic (exact) mass is 402 g/mol. The van der Waals surface area contributed by atoms with Crippen LogP contribution in [0.5, 0.6) is 17.2 Å². The molecule has 0 aromatic heterocycles. The lowest BCUT2D eigenvalue weighted by molar-refractivity contribution is -0.134. The highest BCUT2D eigenvalue weighted by atomic mass is 19.1. The number of hydrogen-bond acceptors (Lipinski definition) is 5. The standard InChI is InChI=1S/C21H23FN2O5/c1-24(19(21(23)26)14-6-5-7-15(22)12-14)18(25)9-8-13-10-16(27-2)20(29-4)17(11-13)28-3/h5-12,19H,1-4H3,(H2,23,26)/b9-8+. The minimum atomic E-state index is -1.11. The number of amides is 2. The van der Waals surface area contributed by atoms with Crippen molar-refractivity contribution in [3.63, 3.8) is 0 Å². The van der Waals surface area contributed by atoms with Gasteiger partial charge in [0.2, 0.25) is 17.6 Å². The van der Waals surface area contributed by atoms with Crippen LogP contribution in [0.4, 0.5) is 4.39 Å². The van der Waals surface area contributed by atoms with Gasteiger partial charge in [-0.2, -0.15) is 0 Å². The molecule has 2 rings (SSSR count). The van der Waals surface area contributed by atoms with Crippen LogP contribution >= 0.6 is 0 Å². The summed E-state index contributed by atoms with van der Waals surface area (Å²) in [5.41, 5.74) is 6.35. The minimum Gasteiger partial charge on any atom is -0.493 e. The van der Waals surface area contributed by atoms with Gasteiger partial charge in [0.05, 0.1) is 21.3 Å². The van der Waals surface area contributed by atoms with Gasteiger partial charge >= 0.3 is 0 Å². The molecule has 0 aliphatic rings. The van der Waals surface area contributed by atoms with Crippen molar-refractivity contribution in [3.05, 3.63) is 59.4 Å². The smallest absolute Gasteiger partial charge is 0.247 e. The summed E-state index contributed by atoms with van der Waals surface area (Å²) in [6.07, 6.45) is 2.81. The third kappa shape index (κ3) is 5.04. The van der Waals surface area contributed by atoms with Crippen LogP contribution in [-0.4, -0.2) is 45.1 Å². The average molecular weight is 402 g/mol. The molecule has 0 aliphatic heterocycles. The second kappa shape index (κ2) is 9.59. The summed E-state index contributed by atoms with van der Waals surface area (Å²) >= 11 is 0. The van der Waals surface area contributed by atoms with Gasteiger partial charge in [-0.1, -0.05) is 12.1 Å². The molecule has 0 heterocycles. The van der Waals surface area contributed by atoms with E-state index in [1.807, 2.05) is 0 Å². The van der Waals surface area contributed by atoms with Crippen molar-refractivity contribution < 1.29 is 28.2 Å². The molecule has 1 unspecified atom stereocenters. The number of methoxy groups -OCH3 is 3. The fraction of sp³-hybridized carbons (Fsp3) is 0.238. The molecule has 2 N–H and O–H groups in total. The number of carbonyl (C=O) groups excluding carboxylic acids is 2. The molecule has 0 fully saturated rings. The van der Waals surface area contributed by atoms with Gasteiger partial charge in [-0.15, -0.1) is 0 Å². The molecular formula is C21H23FN2O5. The molecule has 1 atom stereocenters. The van der Waals surface area contributed by atoms with Crippen molar-refractivity contribution in [1.82, 2.24) is 4.90 Å². The Morgan fingerprint density at radius 1 is 1.07 bits per heavy atom. The summed E-state index contributed by atoms with van der Waals surface area (Å²) < 4.78 is 29.4. The van der Waals surface area contributed by atoms with E-state index < -0.39 is 23.7 Å². The molecule has 7 nitrogen and oxygen atoms in total. The number of rotatable bonds is 8. The maximum Gasteiger partial charge on any atom is 0.247 e. The van der Waals surface area contributed by atoms with Crippen molar-refractivity contribution in [3.8, 4) is 17.2 Å². The molecule has 0 saturated carbocycles. The largest absolute Gasteiger partial charge is 0.493 e. The number of halogens is 1. The average Bonchev–Trinajstić information content (AvgIpc) is 2.70. The molecule has 29 heavy (non-hydrogen) atoms. The zero-order chi connectivity index (χ0) is 21.6. The lowest BCUT2D eigenvalue weighted by atomic mass is 10.0. The lowest BCUT2D eigenvalue weighted by Gasteiger charge is -2.25. The van der Waals surface area contributed by atoms with Crippen molar-refractivity contribution >= 4 is 17.9 Å². The highest BCUT2D eigenvalue weighted by molar-refractivity contribution is 5.95. The maximum atomic E-state index is 13.5. The van der Waals surface area contributed by atoms with Gasteiger partial charge in [0.15, 0.2) is 11.5 Å². The Kier molecular flexibility index (Phi) is 7.19. The number of ether oxygens (including phenoxy) is 3. The molecular weight excluding hydrogens is 379 g/mol. The number of nitrogens with two attached hydrogens (primary N) is 1. The number of carbonyl (C=O) groups is 2. The first-order chi connectivity index (χ1) is 13.8. The van der Waals surface area contributed by atoms with Gasteiger partial charge < -0.3 is 24.8 Å². The SMILES string of the molecule is COc1cc(/C=C/C(=O)N(C)C(C(N)=O)c2cccc(F)c2)cc(OC)c1OC. The first kappa shape index (κ1) is 21.7. The Morgan fingerprint density at radius 3 is 2.17 bits per heavy atom. The molecule has 0 radical (unpaired) electrons. The molecule has 2 aromatic carbocycles. The Balaban J connectivity index is 2.30. The van der Waals surface area contributed by atoms with E-state index in [4.69, 9.17) is 19.9 Å². The molecule has 0 bridgehead atoms. The summed E-state index contributed by atoms with van der Waals surface area (Å²) in [6.45, 7) is 0. The van der Waals surface area contributed by atoms with E-state index in [0.717, 1.165) is 4.90 Å². The fourth-order valence-corrected chi connectivity index (χ4v) is 2.87. The lowest BCUT2D eigenvalue weighted by Crippen LogP contribution is -2.38. The normalized spacial score (nSPS) is 11.8. The number of hydrogen-bond donors (Lipinski definition) is 1. The van der Waals surface area contributed by atoms with Gasteiger partial charge in [0.1, 0.15) is 11.9 Å². The Bertz CT molecular complexity index is 904. The molecule has 154 valence electrons. The Morgan fingerprint density at radius 2 is 1.69 bits per heavy atom. The van der Waals surface area contributed by atoms with E-state index in [2.05, 4.69) is 0 Å². The van der Waals surface area contributed by atoms with Crippen LogP contribution in [0.2, 0.25) is 0 Å². The molecule has 2 amide bonds. The summed E-state index contributed by atoms with van der Waals surface area (Å²) in [7, 11) is 5.88. The van der Waals surface area contributed by atoms with Crippen molar-refractivity contribution in [1.29, 1.82) is 0 Å². The van der Waals surface area contributed by atoms with E-state index in [0.29, 0.717) is 22.8 Å². The van der Waals surface area contributed by atoms with Crippen LogP contribution in [0.1, 0.15) is 17.2 Å². The van der Waals surface area contributed by atoms with Crippen molar-refractivity contribution in [2.24, 2.45) is 5.73 Å². The second-order valence-electron chi connectivity index (χ2n) is 6.10. The Labute approximate surface area is 168 Å². The summed E-state index contributed by atoms with van der Waals surface area (Å²) in [5, 5.41) is 0. The minimum absolute atomic E-state index is 0.287. The molecule has 0 spiro atoms. The van der Waals surface area contributed by atoms with Gasteiger partial charge in [-0.25, -0.2) is 4.39 Å². The van der Waals surface area contributed by atoms with Crippen LogP contribution in [0.15, 0.2) is 42.5 Å². The van der Waals surface area contributed by atoms with E-state index in [1.54, 1.807) is 12.1 Å². The van der Waals surface area contributed by atoms with Crippen molar-refractivity contribution in [2.45, 2.75) is 6.04 Å². The molecule has 2 aromatic rings. The maximum absolute atomic E-state index is 13.5. The van der Waals surface area contributed by atoms with E-state index >= 15 is 0 Å². The van der Waals surface area contributed by atoms with E-state index in [1.165, 1.54) is 64.8 Å². The second-order valence-corrected chi connectivity index (χ2v) is 6.10. The number of nitrogens with zero attached hydrogens (tertiary/aromatic N) is 1. The summed E-state index contributed by atoms with van der Waals surface area (Å²) in [4.78, 5) is 25.7. The quantitative estimate of drug-likeness (QED) is 0.686. The van der Waals surface area contributed by atoms with Gasteiger partial charge in [-0.05, 0) is 41.5 Å². The first-order valence-electron chi connectivity index (χ1n) is 8.62. The van der Waals surface area contributed by atoms with Gasteiger partial charge in [-0.3, -0.25) is 9.59 Å². The molecule has 8 heteroatoms. The van der Waals surface area contributed by atoms with E-state index in [-0.39, 0.29) is 5.56 Å². The predicted molar refractivity (Wildman–Crippen MR) is 106 cm³/mol. The third-order valence-corrected chi connectivity index (χ3v) is 4.27. The van der Waals surface area contributed by atoms with Gasteiger partial charge in [0.25, 0.3) is 0 Å². The summed E-state index contributed by atoms with van der Waals surface area (Å²) in [6, 6.07) is 7.63. The Hall–Kier alpha value is -3.55. The topological polar surface area (TPSA) is 91.1 Å². The zero-order valence-electron chi connectivity index (χ0n) is 16.6. The van der Waals surface area contributed by atoms with Gasteiger partial charge in [0, 0.05) is 13.1 Å². The summed E-state index contributed by atoms with van der Waals surface area (Å²) in [5.74, 6) is -0.498. The van der Waals surface area contributed by atoms with Crippen molar-refractivity contribution in [2.75, 3.05) is 28.4 Å². The molecule has 0 aliphatic carbocycles. The number of benzene rings is 2.